The van der Waals surface area contributed by atoms with E-state index < -0.39 is 0 Å². The Hall–Kier alpha value is -2.56. The summed E-state index contributed by atoms with van der Waals surface area (Å²) in [6.07, 6.45) is 2.04. The minimum Gasteiger partial charge on any atom is -0.373 e. The number of carbonyl (C=O) groups excluding carboxylic acids is 1. The van der Waals surface area contributed by atoms with Crippen LogP contribution in [0, 0.1) is 5.92 Å². The van der Waals surface area contributed by atoms with Gasteiger partial charge in [0.2, 0.25) is 5.91 Å². The monoisotopic (exact) mass is 325 g/mol. The number of aromatic nitrogens is 1. The van der Waals surface area contributed by atoms with Crippen molar-refractivity contribution in [3.8, 4) is 0 Å². The van der Waals surface area contributed by atoms with Crippen molar-refractivity contribution in [2.24, 2.45) is 5.92 Å². The molecule has 1 aromatic heterocycles. The number of benzene rings is 1. The predicted molar refractivity (Wildman–Crippen MR) is 96.5 cm³/mol. The summed E-state index contributed by atoms with van der Waals surface area (Å²) in [5.74, 6) is 0.436. The van der Waals surface area contributed by atoms with E-state index in [0.717, 1.165) is 17.9 Å². The molecule has 2 heterocycles. The van der Waals surface area contributed by atoms with Gasteiger partial charge in [0.05, 0.1) is 11.4 Å². The van der Waals surface area contributed by atoms with Gasteiger partial charge < -0.3 is 14.4 Å². The van der Waals surface area contributed by atoms with Crippen LogP contribution in [0.25, 0.3) is 0 Å². The first-order valence-electron chi connectivity index (χ1n) is 8.32. The van der Waals surface area contributed by atoms with Crippen LogP contribution >= 0.6 is 0 Å². The highest BCUT2D eigenvalue weighted by Gasteiger charge is 2.26. The Morgan fingerprint density at radius 3 is 2.54 bits per heavy atom. The Bertz CT molecular complexity index is 784. The van der Waals surface area contributed by atoms with Gasteiger partial charge in [-0.15, -0.1) is 0 Å². The molecule has 5 heteroatoms. The Morgan fingerprint density at radius 2 is 1.79 bits per heavy atom. The molecule has 0 fully saturated rings. The summed E-state index contributed by atoms with van der Waals surface area (Å²) in [6.45, 7) is 4.18. The van der Waals surface area contributed by atoms with Gasteiger partial charge in [-0.2, -0.15) is 0 Å². The van der Waals surface area contributed by atoms with Crippen LogP contribution in [-0.2, 0) is 11.3 Å². The van der Waals surface area contributed by atoms with Crippen molar-refractivity contribution in [3.63, 3.8) is 0 Å². The van der Waals surface area contributed by atoms with Gasteiger partial charge in [0.25, 0.3) is 5.56 Å². The summed E-state index contributed by atoms with van der Waals surface area (Å²) in [7, 11) is 2.06. The molecule has 1 amide bonds. The highest BCUT2D eigenvalue weighted by Crippen LogP contribution is 2.32. The first kappa shape index (κ1) is 16.3. The van der Waals surface area contributed by atoms with E-state index in [-0.39, 0.29) is 11.5 Å². The van der Waals surface area contributed by atoms with E-state index in [1.165, 1.54) is 6.07 Å². The zero-order chi connectivity index (χ0) is 17.1. The first-order valence-corrected chi connectivity index (χ1v) is 8.32. The molecule has 126 valence electrons. The van der Waals surface area contributed by atoms with E-state index in [9.17, 15) is 9.59 Å². The molecule has 1 aliphatic heterocycles. The van der Waals surface area contributed by atoms with Gasteiger partial charge in [-0.25, -0.2) is 0 Å². The normalized spacial score (nSPS) is 17.3. The lowest BCUT2D eigenvalue weighted by Gasteiger charge is -2.24. The zero-order valence-electron chi connectivity index (χ0n) is 14.2. The summed E-state index contributed by atoms with van der Waals surface area (Å²) in [6, 6.07) is 13.0. The Labute approximate surface area is 142 Å². The van der Waals surface area contributed by atoms with Crippen LogP contribution in [0.15, 0.2) is 53.5 Å². The van der Waals surface area contributed by atoms with E-state index in [1.807, 2.05) is 29.2 Å². The van der Waals surface area contributed by atoms with E-state index >= 15 is 0 Å². The standard InChI is InChI=1S/C19H23N3O2/c1-15-13-20(2)16-7-3-4-8-17(16)22(14-15)19(24)10-12-21-11-6-5-9-18(21)23/h3-9,11,15H,10,12-14H2,1-2H3/t15-/m0/s1. The first-order chi connectivity index (χ1) is 11.6. The van der Waals surface area contributed by atoms with Crippen molar-refractivity contribution < 1.29 is 4.79 Å². The predicted octanol–water partition coefficient (Wildman–Crippen LogP) is 2.36. The van der Waals surface area contributed by atoms with E-state index in [2.05, 4.69) is 24.9 Å². The molecular formula is C19H23N3O2. The number of rotatable bonds is 3. The van der Waals surface area contributed by atoms with Gasteiger partial charge in [-0.1, -0.05) is 25.1 Å². The largest absolute Gasteiger partial charge is 0.373 e. The number of anilines is 2. The molecule has 3 rings (SSSR count). The minimum atomic E-state index is -0.0744. The van der Waals surface area contributed by atoms with Gasteiger partial charge in [0.1, 0.15) is 0 Å². The van der Waals surface area contributed by atoms with Crippen molar-refractivity contribution >= 4 is 17.3 Å². The molecule has 0 bridgehead atoms. The third kappa shape index (κ3) is 3.35. The van der Waals surface area contributed by atoms with Crippen LogP contribution < -0.4 is 15.4 Å². The lowest BCUT2D eigenvalue weighted by Crippen LogP contribution is -2.35. The third-order valence-corrected chi connectivity index (χ3v) is 4.43. The third-order valence-electron chi connectivity index (χ3n) is 4.43. The quantitative estimate of drug-likeness (QED) is 0.870. The van der Waals surface area contributed by atoms with E-state index in [4.69, 9.17) is 0 Å². The van der Waals surface area contributed by atoms with Crippen molar-refractivity contribution in [2.75, 3.05) is 29.9 Å². The number of fused-ring (bicyclic) bond motifs is 1. The summed E-state index contributed by atoms with van der Waals surface area (Å²) in [5, 5.41) is 0. The topological polar surface area (TPSA) is 45.5 Å². The molecule has 0 saturated heterocycles. The van der Waals surface area contributed by atoms with Gasteiger partial charge in [0, 0.05) is 45.4 Å². The maximum Gasteiger partial charge on any atom is 0.250 e. The molecule has 1 aromatic carbocycles. The van der Waals surface area contributed by atoms with Gasteiger partial charge >= 0.3 is 0 Å². The highest BCUT2D eigenvalue weighted by molar-refractivity contribution is 5.97. The summed E-state index contributed by atoms with van der Waals surface area (Å²) >= 11 is 0. The van der Waals surface area contributed by atoms with Crippen LogP contribution in [0.2, 0.25) is 0 Å². The summed E-state index contributed by atoms with van der Waals surface area (Å²) < 4.78 is 1.58. The fraction of sp³-hybridized carbons (Fsp3) is 0.368. The number of pyridine rings is 1. The van der Waals surface area contributed by atoms with E-state index in [1.54, 1.807) is 16.8 Å². The molecule has 0 N–H and O–H groups in total. The number of para-hydroxylation sites is 2. The average Bonchev–Trinajstić information content (AvgIpc) is 2.70. The minimum absolute atomic E-state index is 0.0559. The maximum absolute atomic E-state index is 12.8. The van der Waals surface area contributed by atoms with Crippen molar-refractivity contribution in [3.05, 3.63) is 59.0 Å². The SMILES string of the molecule is C[C@H]1CN(C)c2ccccc2N(C(=O)CCn2ccccc2=O)C1. The fourth-order valence-corrected chi connectivity index (χ4v) is 3.28. The summed E-state index contributed by atoms with van der Waals surface area (Å²) in [4.78, 5) is 28.7. The maximum atomic E-state index is 12.8. The number of hydrogen-bond donors (Lipinski definition) is 0. The Balaban J connectivity index is 1.82. The second-order valence-corrected chi connectivity index (χ2v) is 6.46. The van der Waals surface area contributed by atoms with Crippen LogP contribution in [-0.4, -0.2) is 30.6 Å². The second kappa shape index (κ2) is 6.91. The zero-order valence-corrected chi connectivity index (χ0v) is 14.2. The lowest BCUT2D eigenvalue weighted by molar-refractivity contribution is -0.118. The van der Waals surface area contributed by atoms with Crippen LogP contribution in [0.5, 0.6) is 0 Å². The second-order valence-electron chi connectivity index (χ2n) is 6.46. The molecule has 1 aliphatic rings. The number of carbonyl (C=O) groups is 1. The molecule has 1 atom stereocenters. The molecule has 0 saturated carbocycles. The average molecular weight is 325 g/mol. The van der Waals surface area contributed by atoms with Crippen molar-refractivity contribution in [2.45, 2.75) is 19.9 Å². The number of amides is 1. The molecule has 0 unspecified atom stereocenters. The Morgan fingerprint density at radius 1 is 1.08 bits per heavy atom. The molecule has 0 aliphatic carbocycles. The summed E-state index contributed by atoms with van der Waals surface area (Å²) in [5.41, 5.74) is 1.96. The van der Waals surface area contributed by atoms with Crippen LogP contribution in [0.4, 0.5) is 11.4 Å². The van der Waals surface area contributed by atoms with Crippen LogP contribution in [0.1, 0.15) is 13.3 Å². The van der Waals surface area contributed by atoms with Crippen molar-refractivity contribution in [1.29, 1.82) is 0 Å². The van der Waals surface area contributed by atoms with Crippen LogP contribution in [0.3, 0.4) is 0 Å². The van der Waals surface area contributed by atoms with Gasteiger partial charge in [-0.05, 0) is 24.1 Å². The van der Waals surface area contributed by atoms with Gasteiger partial charge in [-0.3, -0.25) is 9.59 Å². The Kier molecular flexibility index (Phi) is 4.69. The number of nitrogens with zero attached hydrogens (tertiary/aromatic N) is 3. The smallest absolute Gasteiger partial charge is 0.250 e. The number of aryl methyl sites for hydroxylation is 1. The molecule has 0 spiro atoms. The molecule has 0 radical (unpaired) electrons. The van der Waals surface area contributed by atoms with E-state index in [0.29, 0.717) is 25.4 Å². The molecular weight excluding hydrogens is 302 g/mol. The fourth-order valence-electron chi connectivity index (χ4n) is 3.28. The molecule has 2 aromatic rings. The van der Waals surface area contributed by atoms with Crippen molar-refractivity contribution in [1.82, 2.24) is 4.57 Å². The lowest BCUT2D eigenvalue weighted by atomic mass is 10.1. The number of hydrogen-bond acceptors (Lipinski definition) is 3. The van der Waals surface area contributed by atoms with Gasteiger partial charge in [0.15, 0.2) is 0 Å². The molecule has 5 nitrogen and oxygen atoms in total. The highest BCUT2D eigenvalue weighted by atomic mass is 16.2. The molecule has 24 heavy (non-hydrogen) atoms.